The number of aryl methyl sites for hydroxylation is 1. The second-order valence-corrected chi connectivity index (χ2v) is 9.72. The van der Waals surface area contributed by atoms with E-state index in [0.29, 0.717) is 38.0 Å². The molecule has 1 aromatic heterocycles. The van der Waals surface area contributed by atoms with E-state index in [2.05, 4.69) is 10.3 Å². The van der Waals surface area contributed by atoms with Gasteiger partial charge in [-0.15, -0.1) is 5.10 Å². The number of aromatic nitrogens is 3. The lowest BCUT2D eigenvalue weighted by Crippen LogP contribution is -2.52. The number of carbonyl (C=O) groups is 1. The Hall–Kier alpha value is -1.68. The monoisotopic (exact) mass is 478 g/mol. The first-order chi connectivity index (χ1) is 15.0. The number of hydrogen-bond donors (Lipinski definition) is 5. The van der Waals surface area contributed by atoms with Gasteiger partial charge in [0, 0.05) is 25.2 Å². The van der Waals surface area contributed by atoms with Gasteiger partial charge in [-0.25, -0.2) is 4.72 Å². The molecule has 1 aromatic rings. The van der Waals surface area contributed by atoms with Crippen molar-refractivity contribution < 1.29 is 32.3 Å². The zero-order chi connectivity index (χ0) is 23.9. The third kappa shape index (κ3) is 8.03. The van der Waals surface area contributed by atoms with Crippen molar-refractivity contribution in [1.82, 2.24) is 19.7 Å². The standard InChI is InChI=1S/C18H34N6O7S/c1-11(2)6-14(20)18(27)22-32(28,29)31-10-15-17(26)16(25)12(9-30-15)4-3-5-24-8-13(7-19)21-23-24/h8,11-12,14-17,25-26H,3-7,9-10,19-20H2,1-2H3,(H,22,27)/t12-,14+,15-,16+,17-/m1/s1. The number of ether oxygens (including phenoxy) is 1. The van der Waals surface area contributed by atoms with Crippen LogP contribution in [-0.4, -0.2) is 77.1 Å². The van der Waals surface area contributed by atoms with Crippen LogP contribution in [-0.2, 0) is 37.1 Å². The van der Waals surface area contributed by atoms with Gasteiger partial charge in [-0.05, 0) is 25.2 Å². The lowest BCUT2D eigenvalue weighted by molar-refractivity contribution is -0.173. The quantitative estimate of drug-likeness (QED) is 0.222. The number of aliphatic hydroxyl groups excluding tert-OH is 2. The molecule has 1 amide bonds. The molecule has 0 aromatic carbocycles. The Morgan fingerprint density at radius 2 is 2.12 bits per heavy atom. The molecule has 7 N–H and O–H groups in total. The normalized spacial score (nSPS) is 25.1. The number of nitrogens with zero attached hydrogens (tertiary/aromatic N) is 3. The molecular weight excluding hydrogens is 444 g/mol. The summed E-state index contributed by atoms with van der Waals surface area (Å²) in [6, 6.07) is -0.994. The van der Waals surface area contributed by atoms with Gasteiger partial charge in [-0.3, -0.25) is 13.7 Å². The molecular formula is C18H34N6O7S. The molecule has 0 radical (unpaired) electrons. The number of rotatable bonds is 12. The van der Waals surface area contributed by atoms with Crippen LogP contribution in [0.15, 0.2) is 6.20 Å². The molecule has 1 saturated heterocycles. The highest BCUT2D eigenvalue weighted by Crippen LogP contribution is 2.25. The molecule has 14 heteroatoms. The molecule has 0 unspecified atom stereocenters. The number of nitrogens with one attached hydrogen (secondary N) is 1. The summed E-state index contributed by atoms with van der Waals surface area (Å²) in [4.78, 5) is 11.9. The lowest BCUT2D eigenvalue weighted by Gasteiger charge is -2.37. The number of nitrogens with two attached hydrogens (primary N) is 2. The molecule has 1 aliphatic rings. The fraction of sp³-hybridized carbons (Fsp3) is 0.833. The highest BCUT2D eigenvalue weighted by molar-refractivity contribution is 7.85. The SMILES string of the molecule is CC(C)C[C@H](N)C(=O)NS(=O)(=O)OC[C@H]1OC[C@@H](CCCn2cc(CN)nn2)[C@H](O)[C@@H]1O. The van der Waals surface area contributed by atoms with E-state index >= 15 is 0 Å². The molecule has 1 aliphatic heterocycles. The minimum Gasteiger partial charge on any atom is -0.390 e. The first-order valence-electron chi connectivity index (χ1n) is 10.6. The van der Waals surface area contributed by atoms with Crippen molar-refractivity contribution in [2.75, 3.05) is 13.2 Å². The van der Waals surface area contributed by atoms with E-state index < -0.39 is 47.2 Å². The first kappa shape index (κ1) is 26.6. The molecule has 0 saturated carbocycles. The Bertz CT molecular complexity index is 834. The van der Waals surface area contributed by atoms with Crippen molar-refractivity contribution in [2.45, 2.75) is 70.6 Å². The first-order valence-corrected chi connectivity index (χ1v) is 12.0. The van der Waals surface area contributed by atoms with Crippen LogP contribution >= 0.6 is 0 Å². The van der Waals surface area contributed by atoms with Crippen LogP contribution in [0.5, 0.6) is 0 Å². The zero-order valence-corrected chi connectivity index (χ0v) is 19.1. The summed E-state index contributed by atoms with van der Waals surface area (Å²) in [5.74, 6) is -1.11. The van der Waals surface area contributed by atoms with Gasteiger partial charge in [0.05, 0.1) is 31.1 Å². The maximum atomic E-state index is 12.0. The Morgan fingerprint density at radius 1 is 1.41 bits per heavy atom. The molecule has 184 valence electrons. The van der Waals surface area contributed by atoms with Gasteiger partial charge in [0.1, 0.15) is 12.2 Å². The molecule has 1 fully saturated rings. The smallest absolute Gasteiger partial charge is 0.362 e. The minimum absolute atomic E-state index is 0.110. The second-order valence-electron chi connectivity index (χ2n) is 8.37. The van der Waals surface area contributed by atoms with Crippen LogP contribution in [0.2, 0.25) is 0 Å². The fourth-order valence-electron chi connectivity index (χ4n) is 3.40. The third-order valence-electron chi connectivity index (χ3n) is 5.17. The van der Waals surface area contributed by atoms with Gasteiger partial charge in [0.15, 0.2) is 0 Å². The molecule has 5 atom stereocenters. The molecule has 0 bridgehead atoms. The van der Waals surface area contributed by atoms with E-state index in [1.807, 2.05) is 13.8 Å². The average Bonchev–Trinajstić information content (AvgIpc) is 3.17. The van der Waals surface area contributed by atoms with Gasteiger partial charge >= 0.3 is 10.3 Å². The number of aliphatic hydroxyl groups is 2. The van der Waals surface area contributed by atoms with E-state index in [-0.39, 0.29) is 18.4 Å². The van der Waals surface area contributed by atoms with Gasteiger partial charge in [-0.1, -0.05) is 19.1 Å². The van der Waals surface area contributed by atoms with Crippen LogP contribution < -0.4 is 16.2 Å². The van der Waals surface area contributed by atoms with Crippen LogP contribution in [0, 0.1) is 11.8 Å². The maximum Gasteiger partial charge on any atom is 0.362 e. The Morgan fingerprint density at radius 3 is 2.75 bits per heavy atom. The van der Waals surface area contributed by atoms with Crippen molar-refractivity contribution in [3.8, 4) is 0 Å². The van der Waals surface area contributed by atoms with Crippen molar-refractivity contribution in [3.63, 3.8) is 0 Å². The molecule has 13 nitrogen and oxygen atoms in total. The minimum atomic E-state index is -4.44. The van der Waals surface area contributed by atoms with Crippen molar-refractivity contribution in [1.29, 1.82) is 0 Å². The summed E-state index contributed by atoms with van der Waals surface area (Å²) < 4.78 is 37.7. The van der Waals surface area contributed by atoms with Gasteiger partial charge in [0.2, 0.25) is 0 Å². The van der Waals surface area contributed by atoms with Crippen molar-refractivity contribution >= 4 is 16.2 Å². The molecule has 2 rings (SSSR count). The summed E-state index contributed by atoms with van der Waals surface area (Å²) in [7, 11) is -4.44. The van der Waals surface area contributed by atoms with E-state index in [4.69, 9.17) is 20.4 Å². The van der Waals surface area contributed by atoms with Gasteiger partial charge < -0.3 is 26.4 Å². The van der Waals surface area contributed by atoms with E-state index in [0.717, 1.165) is 0 Å². The molecule has 2 heterocycles. The Labute approximate surface area is 187 Å². The lowest BCUT2D eigenvalue weighted by atomic mass is 9.89. The predicted octanol–water partition coefficient (Wildman–Crippen LogP) is -2.00. The fourth-order valence-corrected chi connectivity index (χ4v) is 4.17. The molecule has 0 spiro atoms. The topological polar surface area (TPSA) is 205 Å². The summed E-state index contributed by atoms with van der Waals surface area (Å²) in [5.41, 5.74) is 11.8. The highest BCUT2D eigenvalue weighted by atomic mass is 32.2. The number of hydrogen-bond acceptors (Lipinski definition) is 11. The van der Waals surface area contributed by atoms with Crippen LogP contribution in [0.25, 0.3) is 0 Å². The third-order valence-corrected chi connectivity index (χ3v) is 6.07. The Balaban J connectivity index is 1.77. The van der Waals surface area contributed by atoms with Crippen LogP contribution in [0.1, 0.15) is 38.8 Å². The van der Waals surface area contributed by atoms with E-state index in [1.54, 1.807) is 15.6 Å². The predicted molar refractivity (Wildman–Crippen MR) is 113 cm³/mol. The van der Waals surface area contributed by atoms with Gasteiger partial charge in [0.25, 0.3) is 5.91 Å². The summed E-state index contributed by atoms with van der Waals surface area (Å²) in [5, 5.41) is 28.6. The van der Waals surface area contributed by atoms with E-state index in [9.17, 15) is 23.4 Å². The zero-order valence-electron chi connectivity index (χ0n) is 18.3. The number of amides is 1. The van der Waals surface area contributed by atoms with Crippen LogP contribution in [0.3, 0.4) is 0 Å². The van der Waals surface area contributed by atoms with Crippen molar-refractivity contribution in [3.05, 3.63) is 11.9 Å². The summed E-state index contributed by atoms with van der Waals surface area (Å²) in [6.07, 6.45) is -0.285. The Kier molecular flexibility index (Phi) is 9.94. The molecule has 32 heavy (non-hydrogen) atoms. The largest absolute Gasteiger partial charge is 0.390 e. The van der Waals surface area contributed by atoms with Gasteiger partial charge in [-0.2, -0.15) is 8.42 Å². The summed E-state index contributed by atoms with van der Waals surface area (Å²) in [6.45, 7) is 4.12. The van der Waals surface area contributed by atoms with Crippen LogP contribution in [0.4, 0.5) is 0 Å². The summed E-state index contributed by atoms with van der Waals surface area (Å²) >= 11 is 0. The average molecular weight is 479 g/mol. The van der Waals surface area contributed by atoms with Crippen molar-refractivity contribution in [2.24, 2.45) is 23.3 Å². The number of carbonyl (C=O) groups excluding carboxylic acids is 1. The second kappa shape index (κ2) is 12.0. The van der Waals surface area contributed by atoms with E-state index in [1.165, 1.54) is 0 Å². The maximum absolute atomic E-state index is 12.0. The molecule has 0 aliphatic carbocycles. The highest BCUT2D eigenvalue weighted by Gasteiger charge is 2.39.